The first kappa shape index (κ1) is 23.9. The highest BCUT2D eigenvalue weighted by Crippen LogP contribution is 2.29. The minimum absolute atomic E-state index is 0.186. The molecule has 1 saturated heterocycles. The molecule has 0 spiro atoms. The smallest absolute Gasteiger partial charge is 0.251 e. The molecule has 0 saturated carbocycles. The quantitative estimate of drug-likeness (QED) is 0.741. The second-order valence-electron chi connectivity index (χ2n) is 8.06. The van der Waals surface area contributed by atoms with Crippen LogP contribution in [0.1, 0.15) is 32.6 Å². The molecular formula is C23H28FN3O4S. The lowest BCUT2D eigenvalue weighted by Gasteiger charge is -2.34. The fourth-order valence-electron chi connectivity index (χ4n) is 3.85. The molecule has 7 nitrogen and oxygen atoms in total. The molecule has 0 aromatic heterocycles. The Bertz CT molecular complexity index is 1110. The summed E-state index contributed by atoms with van der Waals surface area (Å²) in [5, 5.41) is 2.53. The lowest BCUT2D eigenvalue weighted by atomic mass is 10.0. The maximum absolute atomic E-state index is 13.3. The van der Waals surface area contributed by atoms with Gasteiger partial charge in [0.25, 0.3) is 5.91 Å². The van der Waals surface area contributed by atoms with Gasteiger partial charge in [-0.15, -0.1) is 0 Å². The van der Waals surface area contributed by atoms with E-state index < -0.39 is 21.7 Å². The number of rotatable bonds is 5. The Morgan fingerprint density at radius 2 is 1.47 bits per heavy atom. The molecule has 9 heteroatoms. The van der Waals surface area contributed by atoms with Gasteiger partial charge in [0.15, 0.2) is 0 Å². The van der Waals surface area contributed by atoms with Crippen molar-refractivity contribution in [2.24, 2.45) is 0 Å². The van der Waals surface area contributed by atoms with Crippen LogP contribution in [-0.4, -0.2) is 62.2 Å². The van der Waals surface area contributed by atoms with Gasteiger partial charge < -0.3 is 10.2 Å². The van der Waals surface area contributed by atoms with E-state index in [4.69, 9.17) is 0 Å². The summed E-state index contributed by atoms with van der Waals surface area (Å²) in [6.45, 7) is 8.09. The van der Waals surface area contributed by atoms with E-state index in [1.54, 1.807) is 0 Å². The van der Waals surface area contributed by atoms with Gasteiger partial charge in [-0.1, -0.05) is 6.07 Å². The van der Waals surface area contributed by atoms with E-state index in [-0.39, 0.29) is 44.2 Å². The summed E-state index contributed by atoms with van der Waals surface area (Å²) >= 11 is 0. The zero-order valence-electron chi connectivity index (χ0n) is 18.7. The molecule has 0 radical (unpaired) electrons. The molecule has 0 aliphatic carbocycles. The predicted octanol–water partition coefficient (Wildman–Crippen LogP) is 2.32. The first-order chi connectivity index (χ1) is 15.0. The molecule has 0 atom stereocenters. The second kappa shape index (κ2) is 9.38. The number of hydrogen-bond donors (Lipinski definition) is 1. The Morgan fingerprint density at radius 1 is 0.938 bits per heavy atom. The van der Waals surface area contributed by atoms with E-state index in [1.165, 1.54) is 33.5 Å². The Labute approximate surface area is 188 Å². The van der Waals surface area contributed by atoms with Crippen molar-refractivity contribution < 1.29 is 22.4 Å². The van der Waals surface area contributed by atoms with E-state index in [9.17, 15) is 22.4 Å². The predicted molar refractivity (Wildman–Crippen MR) is 119 cm³/mol. The molecule has 1 aliphatic heterocycles. The van der Waals surface area contributed by atoms with Gasteiger partial charge in [-0.25, -0.2) is 12.8 Å². The van der Waals surface area contributed by atoms with Crippen molar-refractivity contribution in [3.8, 4) is 0 Å². The van der Waals surface area contributed by atoms with Crippen molar-refractivity contribution in [3.05, 3.63) is 64.0 Å². The third-order valence-corrected chi connectivity index (χ3v) is 8.17. The summed E-state index contributed by atoms with van der Waals surface area (Å²) in [5.41, 5.74) is 3.61. The van der Waals surface area contributed by atoms with E-state index >= 15 is 0 Å². The fraction of sp³-hybridized carbons (Fsp3) is 0.391. The Hall–Kier alpha value is -2.78. The van der Waals surface area contributed by atoms with Crippen molar-refractivity contribution in [2.45, 2.75) is 32.6 Å². The van der Waals surface area contributed by atoms with Gasteiger partial charge in [0.2, 0.25) is 15.9 Å². The van der Waals surface area contributed by atoms with E-state index in [0.717, 1.165) is 22.3 Å². The Morgan fingerprint density at radius 3 is 2.00 bits per heavy atom. The van der Waals surface area contributed by atoms with Crippen LogP contribution in [0.25, 0.3) is 0 Å². The zero-order valence-corrected chi connectivity index (χ0v) is 19.6. The molecule has 1 heterocycles. The second-order valence-corrected chi connectivity index (χ2v) is 9.94. The molecule has 1 N–H and O–H groups in total. The van der Waals surface area contributed by atoms with Crippen molar-refractivity contribution in [2.75, 3.05) is 32.7 Å². The van der Waals surface area contributed by atoms with E-state index in [2.05, 4.69) is 5.32 Å². The molecule has 32 heavy (non-hydrogen) atoms. The van der Waals surface area contributed by atoms with Gasteiger partial charge in [-0.2, -0.15) is 4.31 Å². The number of carbonyl (C=O) groups is 2. The van der Waals surface area contributed by atoms with Gasteiger partial charge in [0.1, 0.15) is 5.82 Å². The number of aryl methyl sites for hydroxylation is 2. The van der Waals surface area contributed by atoms with Crippen LogP contribution in [0.2, 0.25) is 0 Å². The number of nitrogens with zero attached hydrogens (tertiary/aromatic N) is 2. The molecule has 1 aliphatic rings. The standard InChI is InChI=1S/C23H28FN3O4S/c1-15-13-16(2)18(4)22(17(15)3)32(30,31)27-11-9-26(10-12-27)21(28)14-25-23(29)19-5-7-20(24)8-6-19/h5-8,13H,9-12,14H2,1-4H3,(H,25,29). The first-order valence-corrected chi connectivity index (χ1v) is 11.9. The normalized spacial score (nSPS) is 15.0. The number of sulfonamides is 1. The maximum Gasteiger partial charge on any atom is 0.251 e. The number of benzene rings is 2. The highest BCUT2D eigenvalue weighted by molar-refractivity contribution is 7.89. The monoisotopic (exact) mass is 461 g/mol. The van der Waals surface area contributed by atoms with Crippen LogP contribution in [-0.2, 0) is 14.8 Å². The average molecular weight is 462 g/mol. The topological polar surface area (TPSA) is 86.8 Å². The number of hydrogen-bond acceptors (Lipinski definition) is 4. The van der Waals surface area contributed by atoms with Crippen molar-refractivity contribution in [1.29, 1.82) is 0 Å². The van der Waals surface area contributed by atoms with E-state index in [0.29, 0.717) is 4.90 Å². The van der Waals surface area contributed by atoms with Crippen LogP contribution < -0.4 is 5.32 Å². The molecular weight excluding hydrogens is 433 g/mol. The van der Waals surface area contributed by atoms with Gasteiger partial charge in [0.05, 0.1) is 11.4 Å². The lowest BCUT2D eigenvalue weighted by molar-refractivity contribution is -0.131. The summed E-state index contributed by atoms with van der Waals surface area (Å²) in [6.07, 6.45) is 0. The number of carbonyl (C=O) groups excluding carboxylic acids is 2. The Kier molecular flexibility index (Phi) is 7.00. The third kappa shape index (κ3) is 4.83. The molecule has 0 bridgehead atoms. The van der Waals surface area contributed by atoms with Crippen LogP contribution in [0.4, 0.5) is 4.39 Å². The SMILES string of the molecule is Cc1cc(C)c(C)c(S(=O)(=O)N2CCN(C(=O)CNC(=O)c3ccc(F)cc3)CC2)c1C. The summed E-state index contributed by atoms with van der Waals surface area (Å²) in [5.74, 6) is -1.21. The molecule has 2 aromatic rings. The highest BCUT2D eigenvalue weighted by atomic mass is 32.2. The largest absolute Gasteiger partial charge is 0.343 e. The number of halogens is 1. The molecule has 2 amide bonds. The fourth-order valence-corrected chi connectivity index (χ4v) is 5.84. The van der Waals surface area contributed by atoms with Crippen molar-refractivity contribution in [1.82, 2.24) is 14.5 Å². The molecule has 172 valence electrons. The molecule has 1 fully saturated rings. The summed E-state index contributed by atoms with van der Waals surface area (Å²) in [6, 6.07) is 7.02. The van der Waals surface area contributed by atoms with Gasteiger partial charge >= 0.3 is 0 Å². The Balaban J connectivity index is 1.62. The number of nitrogens with one attached hydrogen (secondary N) is 1. The summed E-state index contributed by atoms with van der Waals surface area (Å²) in [4.78, 5) is 26.5. The zero-order chi connectivity index (χ0) is 23.6. The summed E-state index contributed by atoms with van der Waals surface area (Å²) in [7, 11) is -3.69. The minimum Gasteiger partial charge on any atom is -0.343 e. The minimum atomic E-state index is -3.69. The number of piperazine rings is 1. The molecule has 0 unspecified atom stereocenters. The molecule has 3 rings (SSSR count). The van der Waals surface area contributed by atoms with Gasteiger partial charge in [-0.05, 0) is 74.2 Å². The van der Waals surface area contributed by atoms with Crippen LogP contribution in [0.5, 0.6) is 0 Å². The van der Waals surface area contributed by atoms with Crippen LogP contribution in [0, 0.1) is 33.5 Å². The average Bonchev–Trinajstić information content (AvgIpc) is 2.76. The van der Waals surface area contributed by atoms with Crippen LogP contribution >= 0.6 is 0 Å². The van der Waals surface area contributed by atoms with Crippen molar-refractivity contribution in [3.63, 3.8) is 0 Å². The van der Waals surface area contributed by atoms with Crippen molar-refractivity contribution >= 4 is 21.8 Å². The van der Waals surface area contributed by atoms with Crippen LogP contribution in [0.3, 0.4) is 0 Å². The van der Waals surface area contributed by atoms with Gasteiger partial charge in [-0.3, -0.25) is 9.59 Å². The number of amides is 2. The first-order valence-electron chi connectivity index (χ1n) is 10.4. The van der Waals surface area contributed by atoms with E-state index in [1.807, 2.05) is 33.8 Å². The highest BCUT2D eigenvalue weighted by Gasteiger charge is 2.32. The van der Waals surface area contributed by atoms with Crippen LogP contribution in [0.15, 0.2) is 35.2 Å². The lowest BCUT2D eigenvalue weighted by Crippen LogP contribution is -2.52. The van der Waals surface area contributed by atoms with Gasteiger partial charge in [0, 0.05) is 31.7 Å². The third-order valence-electron chi connectivity index (χ3n) is 5.99. The maximum atomic E-state index is 13.3. The summed E-state index contributed by atoms with van der Waals surface area (Å²) < 4.78 is 41.1. The molecule has 2 aromatic carbocycles.